The van der Waals surface area contributed by atoms with Crippen LogP contribution in [0, 0.1) is 12.8 Å². The minimum atomic E-state index is -0.352. The molecule has 0 radical (unpaired) electrons. The molecule has 3 rings (SSSR count). The van der Waals surface area contributed by atoms with Crippen molar-refractivity contribution < 1.29 is 14.3 Å². The van der Waals surface area contributed by atoms with Gasteiger partial charge in [-0.1, -0.05) is 52.8 Å². The number of nitrogens with one attached hydrogen (secondary N) is 2. The minimum absolute atomic E-state index is 0.0994. The van der Waals surface area contributed by atoms with E-state index in [1.807, 2.05) is 51.1 Å². The number of aromatic nitrogens is 2. The summed E-state index contributed by atoms with van der Waals surface area (Å²) in [6.07, 6.45) is 0. The number of ether oxygens (including phenoxy) is 1. The lowest BCUT2D eigenvalue weighted by molar-refractivity contribution is -0.116. The van der Waals surface area contributed by atoms with Gasteiger partial charge in [0.2, 0.25) is 5.91 Å². The molecule has 0 spiro atoms. The lowest BCUT2D eigenvalue weighted by Crippen LogP contribution is -2.42. The van der Waals surface area contributed by atoms with Crippen molar-refractivity contribution in [2.45, 2.75) is 47.0 Å². The first-order valence-corrected chi connectivity index (χ1v) is 12.1. The van der Waals surface area contributed by atoms with Crippen molar-refractivity contribution >= 4 is 23.4 Å². The Morgan fingerprint density at radius 1 is 1.06 bits per heavy atom. The van der Waals surface area contributed by atoms with Crippen LogP contribution < -0.4 is 15.4 Å². The summed E-state index contributed by atoms with van der Waals surface area (Å²) in [6.45, 7) is 12.6. The number of aryl methyl sites for hydroxylation is 1. The van der Waals surface area contributed by atoms with Crippen molar-refractivity contribution in [3.05, 3.63) is 65.9 Å². The SMILES string of the molecule is COc1cccc(NC(=O)N(CC(=O)Nc2cc(C(C)(C)C)nn2-c2cccc(C)c2)CC(C)C)c1. The third-order valence-corrected chi connectivity index (χ3v) is 5.52. The highest BCUT2D eigenvalue weighted by Gasteiger charge is 2.23. The molecular weight excluding hydrogens is 454 g/mol. The second-order valence-electron chi connectivity index (χ2n) is 10.4. The van der Waals surface area contributed by atoms with Crippen molar-refractivity contribution in [3.8, 4) is 11.4 Å². The van der Waals surface area contributed by atoms with Crippen molar-refractivity contribution in [1.82, 2.24) is 14.7 Å². The Labute approximate surface area is 213 Å². The molecule has 2 aromatic carbocycles. The van der Waals surface area contributed by atoms with E-state index < -0.39 is 0 Å². The average molecular weight is 492 g/mol. The first-order chi connectivity index (χ1) is 17.0. The zero-order chi connectivity index (χ0) is 26.5. The van der Waals surface area contributed by atoms with Crippen molar-refractivity contribution in [2.24, 2.45) is 5.92 Å². The molecule has 0 saturated carbocycles. The third kappa shape index (κ3) is 7.10. The van der Waals surface area contributed by atoms with Crippen LogP contribution in [0.15, 0.2) is 54.6 Å². The quantitative estimate of drug-likeness (QED) is 0.428. The Morgan fingerprint density at radius 3 is 2.42 bits per heavy atom. The number of benzene rings is 2. The van der Waals surface area contributed by atoms with E-state index in [9.17, 15) is 9.59 Å². The van der Waals surface area contributed by atoms with Crippen LogP contribution in [0.25, 0.3) is 5.69 Å². The number of urea groups is 1. The van der Waals surface area contributed by atoms with Crippen molar-refractivity contribution in [1.29, 1.82) is 0 Å². The third-order valence-electron chi connectivity index (χ3n) is 5.52. The van der Waals surface area contributed by atoms with Gasteiger partial charge in [-0.25, -0.2) is 9.48 Å². The number of carbonyl (C=O) groups is 2. The number of hydrogen-bond donors (Lipinski definition) is 2. The van der Waals surface area contributed by atoms with Crippen LogP contribution in [0.2, 0.25) is 0 Å². The molecule has 3 amide bonds. The number of rotatable bonds is 8. The van der Waals surface area contributed by atoms with E-state index in [1.54, 1.807) is 36.1 Å². The van der Waals surface area contributed by atoms with Gasteiger partial charge in [-0.3, -0.25) is 4.79 Å². The van der Waals surface area contributed by atoms with Gasteiger partial charge in [-0.05, 0) is 42.7 Å². The Hall–Kier alpha value is -3.81. The highest BCUT2D eigenvalue weighted by molar-refractivity contribution is 5.96. The molecular formula is C28H37N5O3. The smallest absolute Gasteiger partial charge is 0.322 e. The van der Waals surface area contributed by atoms with Gasteiger partial charge in [-0.15, -0.1) is 0 Å². The Bertz CT molecular complexity index is 1210. The predicted molar refractivity (Wildman–Crippen MR) is 144 cm³/mol. The van der Waals surface area contributed by atoms with Gasteiger partial charge in [0.05, 0.1) is 18.5 Å². The highest BCUT2D eigenvalue weighted by Crippen LogP contribution is 2.26. The summed E-state index contributed by atoms with van der Waals surface area (Å²) in [7, 11) is 1.57. The van der Waals surface area contributed by atoms with Gasteiger partial charge in [0.1, 0.15) is 18.1 Å². The topological polar surface area (TPSA) is 88.5 Å². The molecule has 0 bridgehead atoms. The van der Waals surface area contributed by atoms with E-state index >= 15 is 0 Å². The molecule has 0 aliphatic rings. The van der Waals surface area contributed by atoms with E-state index in [4.69, 9.17) is 9.84 Å². The fourth-order valence-electron chi connectivity index (χ4n) is 3.71. The fourth-order valence-corrected chi connectivity index (χ4v) is 3.71. The lowest BCUT2D eigenvalue weighted by atomic mass is 9.92. The first-order valence-electron chi connectivity index (χ1n) is 12.1. The van der Waals surface area contributed by atoms with Gasteiger partial charge < -0.3 is 20.3 Å². The summed E-state index contributed by atoms with van der Waals surface area (Å²) in [6, 6.07) is 16.6. The average Bonchev–Trinajstić information content (AvgIpc) is 3.22. The molecule has 3 aromatic rings. The molecule has 36 heavy (non-hydrogen) atoms. The van der Waals surface area contributed by atoms with Crippen LogP contribution in [-0.4, -0.2) is 46.8 Å². The number of anilines is 2. The highest BCUT2D eigenvalue weighted by atomic mass is 16.5. The Balaban J connectivity index is 1.82. The van der Waals surface area contributed by atoms with Crippen molar-refractivity contribution in [2.75, 3.05) is 30.8 Å². The number of carbonyl (C=O) groups excluding carboxylic acids is 2. The number of nitrogens with zero attached hydrogens (tertiary/aromatic N) is 3. The van der Waals surface area contributed by atoms with Gasteiger partial charge in [0.15, 0.2) is 0 Å². The maximum atomic E-state index is 13.2. The molecule has 0 saturated heterocycles. The molecule has 0 aliphatic heterocycles. The lowest BCUT2D eigenvalue weighted by Gasteiger charge is -2.24. The standard InChI is InChI=1S/C28H37N5O3/c1-19(2)17-32(27(35)29-21-11-9-13-23(15-21)36-7)18-26(34)30-25-16-24(28(4,5)6)31-33(25)22-12-8-10-20(3)14-22/h8-16,19H,17-18H2,1-7H3,(H,29,35)(H,30,34). The molecule has 2 N–H and O–H groups in total. The Morgan fingerprint density at radius 2 is 1.78 bits per heavy atom. The fraction of sp³-hybridized carbons (Fsp3) is 0.393. The van der Waals surface area contributed by atoms with Crippen LogP contribution in [0.3, 0.4) is 0 Å². The molecule has 1 heterocycles. The van der Waals surface area contributed by atoms with E-state index in [0.717, 1.165) is 16.9 Å². The summed E-state index contributed by atoms with van der Waals surface area (Å²) in [5.41, 5.74) is 3.20. The first kappa shape index (κ1) is 26.8. The maximum Gasteiger partial charge on any atom is 0.322 e. The number of amides is 3. The van der Waals surface area contributed by atoms with E-state index in [0.29, 0.717) is 23.8 Å². The summed E-state index contributed by atoms with van der Waals surface area (Å²) in [5, 5.41) is 10.6. The molecule has 1 aromatic heterocycles. The van der Waals surface area contributed by atoms with Crippen LogP contribution in [-0.2, 0) is 10.2 Å². The minimum Gasteiger partial charge on any atom is -0.497 e. The number of methoxy groups -OCH3 is 1. The summed E-state index contributed by atoms with van der Waals surface area (Å²) < 4.78 is 6.98. The van der Waals surface area contributed by atoms with Crippen LogP contribution in [0.5, 0.6) is 5.75 Å². The zero-order valence-electron chi connectivity index (χ0n) is 22.3. The van der Waals surface area contributed by atoms with E-state index in [2.05, 4.69) is 31.4 Å². The monoisotopic (exact) mass is 491 g/mol. The maximum absolute atomic E-state index is 13.2. The normalized spacial score (nSPS) is 11.3. The van der Waals surface area contributed by atoms with E-state index in [1.165, 1.54) is 4.90 Å². The molecule has 0 atom stereocenters. The van der Waals surface area contributed by atoms with Gasteiger partial charge in [-0.2, -0.15) is 5.10 Å². The Kier molecular flexibility index (Phi) is 8.40. The van der Waals surface area contributed by atoms with Crippen LogP contribution >= 0.6 is 0 Å². The van der Waals surface area contributed by atoms with E-state index in [-0.39, 0.29) is 29.8 Å². The van der Waals surface area contributed by atoms with Crippen LogP contribution in [0.1, 0.15) is 45.9 Å². The van der Waals surface area contributed by atoms with Gasteiger partial charge in [0, 0.05) is 29.8 Å². The summed E-state index contributed by atoms with van der Waals surface area (Å²) in [4.78, 5) is 27.8. The molecule has 0 fully saturated rings. The second kappa shape index (κ2) is 11.3. The van der Waals surface area contributed by atoms with Gasteiger partial charge >= 0.3 is 6.03 Å². The second-order valence-corrected chi connectivity index (χ2v) is 10.4. The van der Waals surface area contributed by atoms with Crippen molar-refractivity contribution in [3.63, 3.8) is 0 Å². The molecule has 8 heteroatoms. The predicted octanol–water partition coefficient (Wildman–Crippen LogP) is 5.62. The molecule has 0 aliphatic carbocycles. The van der Waals surface area contributed by atoms with Gasteiger partial charge in [0.25, 0.3) is 0 Å². The summed E-state index contributed by atoms with van der Waals surface area (Å²) >= 11 is 0. The summed E-state index contributed by atoms with van der Waals surface area (Å²) in [5.74, 6) is 1.08. The molecule has 8 nitrogen and oxygen atoms in total. The molecule has 0 unspecified atom stereocenters. The largest absolute Gasteiger partial charge is 0.497 e. The van der Waals surface area contributed by atoms with Crippen LogP contribution in [0.4, 0.5) is 16.3 Å². The molecule has 192 valence electrons. The zero-order valence-corrected chi connectivity index (χ0v) is 22.3. The number of hydrogen-bond acceptors (Lipinski definition) is 4.